The van der Waals surface area contributed by atoms with E-state index in [1.165, 1.54) is 12.1 Å². The molecule has 4 aromatic rings. The third kappa shape index (κ3) is 6.72. The fraction of sp³-hybridized carbons (Fsp3) is 0.133. The van der Waals surface area contributed by atoms with E-state index in [0.29, 0.717) is 22.8 Å². The van der Waals surface area contributed by atoms with Crippen LogP contribution in [0.15, 0.2) is 108 Å². The number of carbonyl (C=O) groups excluding carboxylic acids is 1. The second-order valence-corrected chi connectivity index (χ2v) is 9.49. The Bertz CT molecular complexity index is 1460. The van der Waals surface area contributed by atoms with E-state index in [0.717, 1.165) is 36.0 Å². The molecule has 1 N–H and O–H groups in total. The summed E-state index contributed by atoms with van der Waals surface area (Å²) in [5.41, 5.74) is -1.62. The number of amides is 1. The molecule has 0 radical (unpaired) electrons. The Morgan fingerprint density at radius 1 is 0.769 bits per heavy atom. The van der Waals surface area contributed by atoms with Gasteiger partial charge in [0.15, 0.2) is 5.17 Å². The predicted octanol–water partition coefficient (Wildman–Crippen LogP) is 7.62. The van der Waals surface area contributed by atoms with E-state index in [9.17, 15) is 26.7 Å². The van der Waals surface area contributed by atoms with Gasteiger partial charge in [0.2, 0.25) is 0 Å². The minimum Gasteiger partial charge on any atom is -0.301 e. The maximum atomic E-state index is 14.8. The van der Waals surface area contributed by atoms with Crippen molar-refractivity contribution in [3.05, 3.63) is 143 Å². The van der Waals surface area contributed by atoms with Gasteiger partial charge in [-0.1, -0.05) is 72.4 Å². The molecule has 0 aliphatic rings. The van der Waals surface area contributed by atoms with E-state index >= 15 is 0 Å². The van der Waals surface area contributed by atoms with Gasteiger partial charge in [-0.05, 0) is 65.4 Å². The number of alkyl halides is 3. The Morgan fingerprint density at radius 2 is 1.36 bits per heavy atom. The molecule has 9 heteroatoms. The average Bonchev–Trinajstić information content (AvgIpc) is 2.92. The third-order valence-electron chi connectivity index (χ3n) is 6.07. The molecule has 0 fully saturated rings. The van der Waals surface area contributed by atoms with Gasteiger partial charge in [0.25, 0.3) is 5.91 Å². The van der Waals surface area contributed by atoms with Gasteiger partial charge in [0.1, 0.15) is 17.2 Å². The van der Waals surface area contributed by atoms with E-state index in [1.54, 1.807) is 66.9 Å². The number of hydrogen-bond donors (Lipinski definition) is 1. The smallest absolute Gasteiger partial charge is 0.301 e. The van der Waals surface area contributed by atoms with Crippen LogP contribution >= 0.6 is 11.8 Å². The molecule has 4 aromatic carbocycles. The van der Waals surface area contributed by atoms with Crippen molar-refractivity contribution in [1.82, 2.24) is 5.32 Å². The summed E-state index contributed by atoms with van der Waals surface area (Å²) in [7, 11) is 0. The average molecular weight is 555 g/mol. The molecule has 0 saturated heterocycles. The molecule has 0 unspecified atom stereocenters. The monoisotopic (exact) mass is 554 g/mol. The molecule has 1 atom stereocenters. The molecule has 200 valence electrons. The fourth-order valence-corrected chi connectivity index (χ4v) is 4.65. The van der Waals surface area contributed by atoms with Gasteiger partial charge in [-0.15, -0.1) is 0 Å². The zero-order valence-corrected chi connectivity index (χ0v) is 21.5. The zero-order chi connectivity index (χ0) is 28.0. The van der Waals surface area contributed by atoms with Crippen LogP contribution in [0.25, 0.3) is 0 Å². The quantitative estimate of drug-likeness (QED) is 0.151. The van der Waals surface area contributed by atoms with Crippen LogP contribution in [0.5, 0.6) is 0 Å². The summed E-state index contributed by atoms with van der Waals surface area (Å²) in [5.74, 6) is -2.14. The van der Waals surface area contributed by atoms with E-state index in [1.807, 2.05) is 0 Å². The Labute approximate surface area is 226 Å². The summed E-state index contributed by atoms with van der Waals surface area (Å²) in [6.45, 7) is 0. The summed E-state index contributed by atoms with van der Waals surface area (Å²) >= 11 is 1.06. The standard InChI is InChI=1S/C30H23F5N2OS/c1-39-28(36-27(38)21-10-6-3-7-11-21)37-29(19-20-8-4-2-5-9-20,22-12-14-25(31)15-13-22)23-16-24(30(33,34)35)18-26(32)17-23/h2-18H,19H2,1H3,(H,36,37,38)/t29-/m0/s1. The van der Waals surface area contributed by atoms with Crippen molar-refractivity contribution in [2.75, 3.05) is 6.26 Å². The molecule has 3 nitrogen and oxygen atoms in total. The Hall–Kier alpha value is -3.98. The van der Waals surface area contributed by atoms with Crippen molar-refractivity contribution in [1.29, 1.82) is 0 Å². The van der Waals surface area contributed by atoms with E-state index < -0.39 is 34.8 Å². The SMILES string of the molecule is CSC(=N[C@@](Cc1ccccc1)(c1ccc(F)cc1)c1cc(F)cc(C(F)(F)F)c1)NC(=O)c1ccccc1. The van der Waals surface area contributed by atoms with Crippen LogP contribution in [0.1, 0.15) is 32.6 Å². The van der Waals surface area contributed by atoms with E-state index in [2.05, 4.69) is 5.32 Å². The molecule has 0 bridgehead atoms. The van der Waals surface area contributed by atoms with Crippen molar-refractivity contribution < 1.29 is 26.7 Å². The van der Waals surface area contributed by atoms with Crippen LogP contribution in [-0.2, 0) is 18.1 Å². The molecule has 0 spiro atoms. The molecular formula is C30H23F5N2OS. The van der Waals surface area contributed by atoms with Crippen molar-refractivity contribution in [3.8, 4) is 0 Å². The van der Waals surface area contributed by atoms with Gasteiger partial charge in [0.05, 0.1) is 5.56 Å². The van der Waals surface area contributed by atoms with Gasteiger partial charge >= 0.3 is 6.18 Å². The van der Waals surface area contributed by atoms with Crippen LogP contribution in [0, 0.1) is 11.6 Å². The highest BCUT2D eigenvalue weighted by atomic mass is 32.2. The number of benzene rings is 4. The second-order valence-electron chi connectivity index (χ2n) is 8.70. The third-order valence-corrected chi connectivity index (χ3v) is 6.65. The lowest BCUT2D eigenvalue weighted by molar-refractivity contribution is -0.137. The molecular weight excluding hydrogens is 531 g/mol. The number of halogens is 5. The highest BCUT2D eigenvalue weighted by molar-refractivity contribution is 8.13. The number of aliphatic imine (C=N–C) groups is 1. The highest BCUT2D eigenvalue weighted by Crippen LogP contribution is 2.41. The second kappa shape index (κ2) is 11.8. The van der Waals surface area contributed by atoms with Crippen molar-refractivity contribution >= 4 is 22.8 Å². The molecule has 0 saturated carbocycles. The molecule has 0 aromatic heterocycles. The predicted molar refractivity (Wildman–Crippen MR) is 144 cm³/mol. The van der Waals surface area contributed by atoms with Crippen molar-refractivity contribution in [3.63, 3.8) is 0 Å². The largest absolute Gasteiger partial charge is 0.416 e. The van der Waals surface area contributed by atoms with Gasteiger partial charge in [-0.25, -0.2) is 13.8 Å². The Kier molecular flexibility index (Phi) is 8.50. The van der Waals surface area contributed by atoms with Crippen LogP contribution < -0.4 is 5.32 Å². The summed E-state index contributed by atoms with van der Waals surface area (Å²) < 4.78 is 70.1. The molecule has 39 heavy (non-hydrogen) atoms. The molecule has 0 heterocycles. The molecule has 0 aliphatic heterocycles. The Morgan fingerprint density at radius 3 is 1.95 bits per heavy atom. The summed E-state index contributed by atoms with van der Waals surface area (Å²) in [4.78, 5) is 17.8. The first-order chi connectivity index (χ1) is 18.6. The van der Waals surface area contributed by atoms with E-state index in [-0.39, 0.29) is 17.2 Å². The number of carbonyl (C=O) groups is 1. The number of hydrogen-bond acceptors (Lipinski definition) is 3. The highest BCUT2D eigenvalue weighted by Gasteiger charge is 2.39. The first-order valence-corrected chi connectivity index (χ1v) is 13.0. The van der Waals surface area contributed by atoms with E-state index in [4.69, 9.17) is 4.99 Å². The summed E-state index contributed by atoms with van der Waals surface area (Å²) in [6, 6.07) is 24.5. The Balaban J connectivity index is 1.98. The van der Waals surface area contributed by atoms with Gasteiger partial charge in [-0.3, -0.25) is 4.79 Å². The number of nitrogens with zero attached hydrogens (tertiary/aromatic N) is 1. The zero-order valence-electron chi connectivity index (χ0n) is 20.7. The molecule has 1 amide bonds. The lowest BCUT2D eigenvalue weighted by Crippen LogP contribution is -2.35. The van der Waals surface area contributed by atoms with Crippen molar-refractivity contribution in [2.45, 2.75) is 18.1 Å². The minimum atomic E-state index is -4.83. The topological polar surface area (TPSA) is 41.5 Å². The summed E-state index contributed by atoms with van der Waals surface area (Å²) in [5, 5.41) is 2.80. The van der Waals surface area contributed by atoms with Crippen LogP contribution in [0.2, 0.25) is 0 Å². The normalized spacial score (nSPS) is 13.5. The van der Waals surface area contributed by atoms with Crippen LogP contribution in [-0.4, -0.2) is 17.3 Å². The van der Waals surface area contributed by atoms with Gasteiger partial charge in [-0.2, -0.15) is 13.2 Å². The molecule has 0 aliphatic carbocycles. The van der Waals surface area contributed by atoms with Gasteiger partial charge in [0, 0.05) is 12.0 Å². The maximum Gasteiger partial charge on any atom is 0.416 e. The molecule has 4 rings (SSSR count). The maximum absolute atomic E-state index is 14.8. The summed E-state index contributed by atoms with van der Waals surface area (Å²) in [6.07, 6.45) is -3.19. The number of thioether (sulfide) groups is 1. The lowest BCUT2D eigenvalue weighted by atomic mass is 9.78. The van der Waals surface area contributed by atoms with Crippen LogP contribution in [0.3, 0.4) is 0 Å². The fourth-order valence-electron chi connectivity index (χ4n) is 4.21. The minimum absolute atomic E-state index is 0.00844. The first-order valence-electron chi connectivity index (χ1n) is 11.8. The van der Waals surface area contributed by atoms with Crippen molar-refractivity contribution in [2.24, 2.45) is 4.99 Å². The first kappa shape index (κ1) is 28.0. The lowest BCUT2D eigenvalue weighted by Gasteiger charge is -2.33. The van der Waals surface area contributed by atoms with Gasteiger partial charge < -0.3 is 5.32 Å². The van der Waals surface area contributed by atoms with Crippen LogP contribution in [0.4, 0.5) is 22.0 Å². The number of nitrogens with one attached hydrogen (secondary N) is 1. The number of rotatable bonds is 6. The number of amidine groups is 1.